The number of hydrogen-bond acceptors (Lipinski definition) is 7. The van der Waals surface area contributed by atoms with E-state index in [1.54, 1.807) is 13.0 Å². The number of piperidine rings is 1. The molecule has 0 bridgehead atoms. The fraction of sp³-hybridized carbons (Fsp3) is 0.571. The molecule has 37 heavy (non-hydrogen) atoms. The third-order valence-corrected chi connectivity index (χ3v) is 7.57. The summed E-state index contributed by atoms with van der Waals surface area (Å²) in [5.74, 6) is 0.875. The lowest BCUT2D eigenvalue weighted by Crippen LogP contribution is -2.48. The Morgan fingerprint density at radius 1 is 1.03 bits per heavy atom. The molecule has 9 nitrogen and oxygen atoms in total. The predicted molar refractivity (Wildman–Crippen MR) is 147 cm³/mol. The van der Waals surface area contributed by atoms with Gasteiger partial charge in [-0.1, -0.05) is 32.9 Å². The Kier molecular flexibility index (Phi) is 8.32. The lowest BCUT2D eigenvalue weighted by atomic mass is 9.87. The van der Waals surface area contributed by atoms with Crippen LogP contribution in [0.25, 0.3) is 0 Å². The van der Waals surface area contributed by atoms with Gasteiger partial charge in [0.2, 0.25) is 5.91 Å². The zero-order valence-corrected chi connectivity index (χ0v) is 22.6. The third kappa shape index (κ3) is 6.97. The van der Waals surface area contributed by atoms with E-state index in [1.807, 2.05) is 4.90 Å². The van der Waals surface area contributed by atoms with E-state index in [0.29, 0.717) is 17.9 Å². The standard InChI is InChI=1S/C28H40N6O3/c1-21-25(34(36)37)9-10-26(29-21)30-23-11-15-33(16-12-23)27(35)13-14-31-17-19-32(20-18-31)24-7-5-22(6-8-24)28(2,3)4/h5-10,23H,11-20H2,1-4H3,(H,29,30). The number of nitrogens with zero attached hydrogens (tertiary/aromatic N) is 5. The number of nitrogens with one attached hydrogen (secondary N) is 1. The number of nitro groups is 1. The molecule has 200 valence electrons. The van der Waals surface area contributed by atoms with E-state index in [2.05, 4.69) is 65.1 Å². The maximum absolute atomic E-state index is 12.8. The van der Waals surface area contributed by atoms with Crippen LogP contribution in [-0.2, 0) is 10.2 Å². The number of rotatable bonds is 7. The van der Waals surface area contributed by atoms with Gasteiger partial charge in [-0.3, -0.25) is 19.8 Å². The van der Waals surface area contributed by atoms with Crippen molar-refractivity contribution >= 4 is 23.1 Å². The third-order valence-electron chi connectivity index (χ3n) is 7.57. The van der Waals surface area contributed by atoms with E-state index in [9.17, 15) is 14.9 Å². The van der Waals surface area contributed by atoms with Gasteiger partial charge in [0.15, 0.2) is 0 Å². The number of aromatic nitrogens is 1. The van der Waals surface area contributed by atoms with Gasteiger partial charge in [-0.15, -0.1) is 0 Å². The Morgan fingerprint density at radius 2 is 1.68 bits per heavy atom. The van der Waals surface area contributed by atoms with Gasteiger partial charge in [0.05, 0.1) is 4.92 Å². The molecule has 4 rings (SSSR count). The summed E-state index contributed by atoms with van der Waals surface area (Å²) in [6.45, 7) is 14.5. The summed E-state index contributed by atoms with van der Waals surface area (Å²) >= 11 is 0. The largest absolute Gasteiger partial charge is 0.369 e. The Morgan fingerprint density at radius 3 is 2.24 bits per heavy atom. The number of pyridine rings is 1. The maximum atomic E-state index is 12.8. The summed E-state index contributed by atoms with van der Waals surface area (Å²) in [5, 5.41) is 14.4. The second-order valence-electron chi connectivity index (χ2n) is 11.2. The Hall–Kier alpha value is -3.20. The molecule has 0 saturated carbocycles. The summed E-state index contributed by atoms with van der Waals surface area (Å²) in [6.07, 6.45) is 2.24. The van der Waals surface area contributed by atoms with Gasteiger partial charge in [-0.05, 0) is 48.9 Å². The summed E-state index contributed by atoms with van der Waals surface area (Å²) in [5.41, 5.74) is 3.23. The predicted octanol–water partition coefficient (Wildman–Crippen LogP) is 4.21. The van der Waals surface area contributed by atoms with Gasteiger partial charge in [0, 0.05) is 70.0 Å². The number of piperazine rings is 1. The van der Waals surface area contributed by atoms with Gasteiger partial charge >= 0.3 is 0 Å². The highest BCUT2D eigenvalue weighted by atomic mass is 16.6. The van der Waals surface area contributed by atoms with Crippen molar-refractivity contribution in [3.05, 3.63) is 57.8 Å². The van der Waals surface area contributed by atoms with Crippen LogP contribution in [0, 0.1) is 17.0 Å². The zero-order valence-electron chi connectivity index (χ0n) is 22.6. The first-order chi connectivity index (χ1) is 17.6. The monoisotopic (exact) mass is 508 g/mol. The second kappa shape index (κ2) is 11.5. The Balaban J connectivity index is 1.16. The van der Waals surface area contributed by atoms with Crippen molar-refractivity contribution in [2.75, 3.05) is 56.0 Å². The van der Waals surface area contributed by atoms with Crippen LogP contribution in [0.2, 0.25) is 0 Å². The quantitative estimate of drug-likeness (QED) is 0.442. The van der Waals surface area contributed by atoms with Gasteiger partial charge in [-0.2, -0.15) is 0 Å². The molecule has 0 unspecified atom stereocenters. The molecule has 0 radical (unpaired) electrons. The molecule has 0 atom stereocenters. The molecular weight excluding hydrogens is 468 g/mol. The molecular formula is C28H40N6O3. The van der Waals surface area contributed by atoms with Gasteiger partial charge in [-0.25, -0.2) is 4.98 Å². The first kappa shape index (κ1) is 26.9. The van der Waals surface area contributed by atoms with Crippen LogP contribution in [0.1, 0.15) is 51.3 Å². The van der Waals surface area contributed by atoms with Crippen molar-refractivity contribution < 1.29 is 9.72 Å². The summed E-state index contributed by atoms with van der Waals surface area (Å²) in [7, 11) is 0. The minimum Gasteiger partial charge on any atom is -0.369 e. The Bertz CT molecular complexity index is 1080. The molecule has 1 aromatic carbocycles. The van der Waals surface area contributed by atoms with Gasteiger partial charge in [0.1, 0.15) is 11.5 Å². The maximum Gasteiger partial charge on any atom is 0.290 e. The minimum absolute atomic E-state index is 0.0298. The number of carbonyl (C=O) groups excluding carboxylic acids is 1. The summed E-state index contributed by atoms with van der Waals surface area (Å²) in [6, 6.07) is 12.3. The first-order valence-corrected chi connectivity index (χ1v) is 13.3. The van der Waals surface area contributed by atoms with E-state index < -0.39 is 4.92 Å². The highest BCUT2D eigenvalue weighted by Gasteiger charge is 2.25. The molecule has 9 heteroatoms. The molecule has 2 aromatic rings. The minimum atomic E-state index is -0.415. The molecule has 1 aromatic heterocycles. The molecule has 2 fully saturated rings. The Labute approximate surface area is 220 Å². The number of benzene rings is 1. The van der Waals surface area contributed by atoms with Crippen molar-refractivity contribution in [1.82, 2.24) is 14.8 Å². The van der Waals surface area contributed by atoms with E-state index in [1.165, 1.54) is 17.3 Å². The van der Waals surface area contributed by atoms with Crippen LogP contribution in [0.15, 0.2) is 36.4 Å². The van der Waals surface area contributed by atoms with Crippen LogP contribution >= 0.6 is 0 Å². The molecule has 2 saturated heterocycles. The number of hydrogen-bond donors (Lipinski definition) is 1. The average Bonchev–Trinajstić information content (AvgIpc) is 2.87. The van der Waals surface area contributed by atoms with Crippen LogP contribution in [-0.4, -0.2) is 77.5 Å². The van der Waals surface area contributed by atoms with Crippen molar-refractivity contribution in [1.29, 1.82) is 0 Å². The van der Waals surface area contributed by atoms with Crippen LogP contribution in [0.4, 0.5) is 17.2 Å². The summed E-state index contributed by atoms with van der Waals surface area (Å²) < 4.78 is 0. The van der Waals surface area contributed by atoms with Gasteiger partial charge in [0.25, 0.3) is 5.69 Å². The van der Waals surface area contributed by atoms with E-state index in [0.717, 1.165) is 58.7 Å². The molecule has 2 aliphatic rings. The number of aryl methyl sites for hydroxylation is 1. The fourth-order valence-electron chi connectivity index (χ4n) is 5.12. The number of likely N-dealkylation sites (tertiary alicyclic amines) is 1. The zero-order chi connectivity index (χ0) is 26.6. The second-order valence-corrected chi connectivity index (χ2v) is 11.2. The number of amides is 1. The number of anilines is 2. The summed E-state index contributed by atoms with van der Waals surface area (Å²) in [4.78, 5) is 34.5. The highest BCUT2D eigenvalue weighted by Crippen LogP contribution is 2.26. The first-order valence-electron chi connectivity index (χ1n) is 13.3. The lowest BCUT2D eigenvalue weighted by Gasteiger charge is -2.37. The van der Waals surface area contributed by atoms with Crippen molar-refractivity contribution in [3.8, 4) is 0 Å². The van der Waals surface area contributed by atoms with Crippen molar-refractivity contribution in [2.24, 2.45) is 0 Å². The molecule has 2 aliphatic heterocycles. The van der Waals surface area contributed by atoms with Crippen molar-refractivity contribution in [3.63, 3.8) is 0 Å². The topological polar surface area (TPSA) is 94.9 Å². The molecule has 0 spiro atoms. The number of carbonyl (C=O) groups is 1. The van der Waals surface area contributed by atoms with Crippen LogP contribution in [0.3, 0.4) is 0 Å². The van der Waals surface area contributed by atoms with E-state index >= 15 is 0 Å². The lowest BCUT2D eigenvalue weighted by molar-refractivity contribution is -0.385. The van der Waals surface area contributed by atoms with E-state index in [4.69, 9.17) is 0 Å². The normalized spacial score (nSPS) is 17.6. The highest BCUT2D eigenvalue weighted by molar-refractivity contribution is 5.76. The van der Waals surface area contributed by atoms with Crippen molar-refractivity contribution in [2.45, 2.75) is 58.4 Å². The molecule has 3 heterocycles. The molecule has 1 amide bonds. The van der Waals surface area contributed by atoms with E-state index in [-0.39, 0.29) is 23.1 Å². The molecule has 0 aliphatic carbocycles. The van der Waals surface area contributed by atoms with Gasteiger partial charge < -0.3 is 15.1 Å². The van der Waals surface area contributed by atoms with Crippen LogP contribution in [0.5, 0.6) is 0 Å². The SMILES string of the molecule is Cc1nc(NC2CCN(C(=O)CCN3CCN(c4ccc(C(C)(C)C)cc4)CC3)CC2)ccc1[N+](=O)[O-]. The van der Waals surface area contributed by atoms with Crippen LogP contribution < -0.4 is 10.2 Å². The molecule has 1 N–H and O–H groups in total. The average molecular weight is 509 g/mol. The fourth-order valence-corrected chi connectivity index (χ4v) is 5.12. The smallest absolute Gasteiger partial charge is 0.290 e.